The molecule has 436 valence electrons. The van der Waals surface area contributed by atoms with E-state index in [9.17, 15) is 26.3 Å². The predicted octanol–water partition coefficient (Wildman–Crippen LogP) is 10.6. The maximum atomic E-state index is 10.7. The maximum Gasteiger partial charge on any atom is 0.485 e. The van der Waals surface area contributed by atoms with E-state index < -0.39 is 31.3 Å². The van der Waals surface area contributed by atoms with E-state index in [4.69, 9.17) is 25.9 Å². The molecule has 0 bridgehead atoms. The summed E-state index contributed by atoms with van der Waals surface area (Å²) in [6, 6.07) is 47.4. The Morgan fingerprint density at radius 3 is 0.654 bits per heavy atom. The van der Waals surface area contributed by atoms with Crippen LogP contribution >= 0.6 is 0 Å². The molecule has 0 aliphatic carbocycles. The van der Waals surface area contributed by atoms with Crippen molar-refractivity contribution in [1.29, 1.82) is 0 Å². The molecule has 0 N–H and O–H groups in total. The maximum absolute atomic E-state index is 10.7. The SMILES string of the molecule is Cc1cc(C)c(B(c2ccc([N+](C)(C)C)cc2)c2c(C)cc(C)cc2C)c(C)c1.Cc1cc(C)c(B(c2ccc([N+](C)(C)C)cc2)c2c(C)cc(C)cc2C)c(C)c1.Cc1ccccc1.O=S(=O)([O-])C(F)(F)F.O=S(=O)([O-])C(F)(F)F. The number of quaternary nitrogens is 2. The smallest absolute Gasteiger partial charge is 0.485 e. The molecule has 8 nitrogen and oxygen atoms in total. The van der Waals surface area contributed by atoms with E-state index in [1.165, 1.54) is 116 Å². The topological polar surface area (TPSA) is 114 Å². The summed E-state index contributed by atoms with van der Waals surface area (Å²) in [5.41, 5.74) is 17.6. The minimum Gasteiger partial charge on any atom is -0.741 e. The molecule has 0 aliphatic rings. The van der Waals surface area contributed by atoms with Crippen LogP contribution in [0.15, 0.2) is 127 Å². The van der Waals surface area contributed by atoms with E-state index in [-0.39, 0.29) is 13.4 Å². The highest BCUT2D eigenvalue weighted by Crippen LogP contribution is 2.23. The van der Waals surface area contributed by atoms with Gasteiger partial charge in [-0.25, -0.2) is 16.8 Å². The Bertz CT molecular complexity index is 3080. The van der Waals surface area contributed by atoms with Crippen LogP contribution in [0, 0.1) is 90.0 Å². The molecule has 0 heterocycles. The molecular weight excluding hydrogens is 1080 g/mol. The van der Waals surface area contributed by atoms with Gasteiger partial charge >= 0.3 is 11.0 Å². The Balaban J connectivity index is 0.000000307. The monoisotopic (exact) mass is 1160 g/mol. The Hall–Kier alpha value is -6.01. The molecule has 81 heavy (non-hydrogen) atoms. The van der Waals surface area contributed by atoms with Crippen molar-refractivity contribution < 1.29 is 52.3 Å². The van der Waals surface area contributed by atoms with Crippen molar-refractivity contribution in [2.24, 2.45) is 0 Å². The van der Waals surface area contributed by atoms with Crippen LogP contribution in [0.1, 0.15) is 72.3 Å². The summed E-state index contributed by atoms with van der Waals surface area (Å²) >= 11 is 0. The molecule has 0 unspecified atom stereocenters. The minimum atomic E-state index is -6.09. The fourth-order valence-corrected chi connectivity index (χ4v) is 10.3. The van der Waals surface area contributed by atoms with E-state index in [1.54, 1.807) is 0 Å². The van der Waals surface area contributed by atoms with E-state index in [1.807, 2.05) is 18.2 Å². The predicted molar refractivity (Wildman–Crippen MR) is 327 cm³/mol. The lowest BCUT2D eigenvalue weighted by atomic mass is 9.34. The number of aryl methyl sites for hydroxylation is 13. The Kier molecular flexibility index (Phi) is 23.4. The van der Waals surface area contributed by atoms with Gasteiger partial charge < -0.3 is 9.11 Å². The Morgan fingerprint density at radius 2 is 0.519 bits per heavy atom. The van der Waals surface area contributed by atoms with Crippen LogP contribution in [0.25, 0.3) is 0 Å². The summed E-state index contributed by atoms with van der Waals surface area (Å²) in [6.07, 6.45) is 0. The molecule has 0 aliphatic heterocycles. The number of hydrogen-bond donors (Lipinski definition) is 0. The van der Waals surface area contributed by atoms with Crippen molar-refractivity contribution in [3.8, 4) is 0 Å². The van der Waals surface area contributed by atoms with Crippen LogP contribution in [0.5, 0.6) is 0 Å². The van der Waals surface area contributed by atoms with Crippen LogP contribution in [0.2, 0.25) is 0 Å². The number of hydrogen-bond acceptors (Lipinski definition) is 6. The zero-order chi connectivity index (χ0) is 62.1. The molecule has 0 fully saturated rings. The van der Waals surface area contributed by atoms with E-state index in [0.717, 1.165) is 8.97 Å². The van der Waals surface area contributed by atoms with Crippen LogP contribution in [0.4, 0.5) is 37.7 Å². The summed E-state index contributed by atoms with van der Waals surface area (Å²) in [5, 5.41) is 0. The third kappa shape index (κ3) is 19.6. The van der Waals surface area contributed by atoms with Gasteiger partial charge in [-0.1, -0.05) is 208 Å². The van der Waals surface area contributed by atoms with Gasteiger partial charge in [0.25, 0.3) is 0 Å². The van der Waals surface area contributed by atoms with Crippen molar-refractivity contribution in [3.05, 3.63) is 200 Å². The van der Waals surface area contributed by atoms with E-state index in [2.05, 4.69) is 241 Å². The largest absolute Gasteiger partial charge is 0.741 e. The van der Waals surface area contributed by atoms with E-state index in [0.29, 0.717) is 0 Å². The lowest BCUT2D eigenvalue weighted by Crippen LogP contribution is -2.55. The highest BCUT2D eigenvalue weighted by molar-refractivity contribution is 7.86. The molecule has 0 atom stereocenters. The molecule has 18 heteroatoms. The standard InChI is InChI=1S/2C27H35BN.C7H8.2CHF3O3S/c2*1-18-14-20(3)26(21(4)15-18)28(27-22(5)16-19(2)17-23(27)6)24-10-12-25(13-11-24)29(7,8)9;1-7-5-3-2-4-6-7;2*2-1(3,4)8(5,6)7/h2*10-17H,1-9H3;2-6H,1H3;2*(H,5,6,7)/q2*+1;;;/p-2. The molecule has 0 saturated carbocycles. The first-order valence-corrected chi connectivity index (χ1v) is 28.9. The minimum absolute atomic E-state index is 0.248. The molecule has 7 aromatic carbocycles. The molecule has 0 amide bonds. The molecule has 7 aromatic rings. The van der Waals surface area contributed by atoms with Gasteiger partial charge in [0.2, 0.25) is 13.4 Å². The summed E-state index contributed by atoms with van der Waals surface area (Å²) < 4.78 is 119. The first-order valence-electron chi connectivity index (χ1n) is 26.1. The van der Waals surface area contributed by atoms with Crippen molar-refractivity contribution in [1.82, 2.24) is 8.97 Å². The summed E-state index contributed by atoms with van der Waals surface area (Å²) in [7, 11) is 1.12. The number of halogens is 6. The van der Waals surface area contributed by atoms with Crippen LogP contribution in [0.3, 0.4) is 0 Å². The van der Waals surface area contributed by atoms with Gasteiger partial charge in [0.15, 0.2) is 20.2 Å². The lowest BCUT2D eigenvalue weighted by molar-refractivity contribution is -0.0522. The summed E-state index contributed by atoms with van der Waals surface area (Å²) in [4.78, 5) is 0. The number of rotatable bonds is 8. The number of nitrogens with zero attached hydrogens (tertiary/aromatic N) is 2. The Morgan fingerprint density at radius 1 is 0.333 bits per heavy atom. The fraction of sp³-hybridized carbons (Fsp3) is 0.333. The van der Waals surface area contributed by atoms with Crippen molar-refractivity contribution in [2.45, 2.75) is 101 Å². The van der Waals surface area contributed by atoms with Gasteiger partial charge in [-0.15, -0.1) is 0 Å². The Labute approximate surface area is 479 Å². The van der Waals surface area contributed by atoms with Crippen molar-refractivity contribution in [2.75, 3.05) is 42.3 Å². The fourth-order valence-electron chi connectivity index (χ4n) is 10.3. The average Bonchev–Trinajstić information content (AvgIpc) is 3.51. The molecule has 0 saturated heterocycles. The van der Waals surface area contributed by atoms with Crippen molar-refractivity contribution in [3.63, 3.8) is 0 Å². The zero-order valence-corrected chi connectivity index (χ0v) is 51.8. The van der Waals surface area contributed by atoms with Gasteiger partial charge in [-0.05, 0) is 114 Å². The molecule has 0 radical (unpaired) electrons. The second-order valence-corrected chi connectivity index (χ2v) is 25.5. The second-order valence-electron chi connectivity index (χ2n) is 22.8. The summed E-state index contributed by atoms with van der Waals surface area (Å²) in [6.45, 7) is 29.5. The van der Waals surface area contributed by atoms with E-state index >= 15 is 0 Å². The van der Waals surface area contributed by atoms with Gasteiger partial charge in [-0.3, -0.25) is 8.97 Å². The second kappa shape index (κ2) is 27.4. The quantitative estimate of drug-likeness (QED) is 0.0492. The van der Waals surface area contributed by atoms with Crippen molar-refractivity contribution >= 4 is 77.8 Å². The average molecular weight is 1160 g/mol. The van der Waals surface area contributed by atoms with Gasteiger partial charge in [0.05, 0.1) is 42.3 Å². The van der Waals surface area contributed by atoms with Crippen LogP contribution in [-0.2, 0) is 20.2 Å². The molecule has 7 rings (SSSR count). The zero-order valence-electron chi connectivity index (χ0n) is 50.2. The highest BCUT2D eigenvalue weighted by atomic mass is 32.2. The highest BCUT2D eigenvalue weighted by Gasteiger charge is 2.38. The molecular formula is C63H78B2F6N2O6S2. The number of benzene rings is 7. The first kappa shape index (κ1) is 69.3. The van der Waals surface area contributed by atoms with Crippen LogP contribution < -0.4 is 41.7 Å². The normalized spacial score (nSPS) is 11.8. The molecule has 0 aromatic heterocycles. The van der Waals surface area contributed by atoms with Gasteiger partial charge in [0.1, 0.15) is 11.4 Å². The lowest BCUT2D eigenvalue weighted by Gasteiger charge is -2.26. The number of alkyl halides is 6. The van der Waals surface area contributed by atoms with Gasteiger partial charge in [0, 0.05) is 0 Å². The van der Waals surface area contributed by atoms with Gasteiger partial charge in [-0.2, -0.15) is 26.3 Å². The summed E-state index contributed by atoms with van der Waals surface area (Å²) in [5.74, 6) is 0. The molecule has 0 spiro atoms. The first-order chi connectivity index (χ1) is 36.9. The van der Waals surface area contributed by atoms with Crippen LogP contribution in [-0.4, -0.2) is 92.7 Å². The third-order valence-electron chi connectivity index (χ3n) is 13.6. The third-order valence-corrected chi connectivity index (χ3v) is 14.8.